The Bertz CT molecular complexity index is 1050. The molecule has 0 spiro atoms. The summed E-state index contributed by atoms with van der Waals surface area (Å²) < 4.78 is 16.8. The van der Waals surface area contributed by atoms with Gasteiger partial charge in [0.1, 0.15) is 5.75 Å². The highest BCUT2D eigenvalue weighted by Gasteiger charge is 2.14. The molecule has 0 radical (unpaired) electrons. The molecule has 184 valence electrons. The van der Waals surface area contributed by atoms with Gasteiger partial charge in [0, 0.05) is 20.7 Å². The molecule has 2 aromatic carbocycles. The van der Waals surface area contributed by atoms with Crippen LogP contribution in [0.15, 0.2) is 42.0 Å². The molecule has 0 N–H and O–H groups in total. The maximum atomic E-state index is 11.2. The summed E-state index contributed by atoms with van der Waals surface area (Å²) in [7, 11) is 0.302. The Morgan fingerprint density at radius 2 is 1.85 bits per heavy atom. The molecule has 0 unspecified atom stereocenters. The van der Waals surface area contributed by atoms with E-state index < -0.39 is 13.0 Å². The first-order chi connectivity index (χ1) is 16.0. The SMILES string of the molecule is COc1cc(/C=C/c2cc(OCOCC[Si](C)(C)C)cc(C)c2CC=C(C)C)ccc1[N+](=O)[O-]. The molecule has 0 bridgehead atoms. The van der Waals surface area contributed by atoms with Crippen molar-refractivity contribution >= 4 is 25.9 Å². The number of allylic oxidation sites excluding steroid dienone is 2. The van der Waals surface area contributed by atoms with Crippen molar-refractivity contribution in [1.82, 2.24) is 0 Å². The average Bonchev–Trinajstić information content (AvgIpc) is 2.75. The normalized spacial score (nSPS) is 11.5. The van der Waals surface area contributed by atoms with Crippen molar-refractivity contribution in [2.75, 3.05) is 20.5 Å². The van der Waals surface area contributed by atoms with Gasteiger partial charge in [-0.05, 0) is 79.8 Å². The number of ether oxygens (including phenoxy) is 3. The minimum Gasteiger partial charge on any atom is -0.490 e. The molecule has 0 aliphatic heterocycles. The molecule has 2 aromatic rings. The second-order valence-corrected chi connectivity index (χ2v) is 15.4. The average molecular weight is 484 g/mol. The van der Waals surface area contributed by atoms with Gasteiger partial charge in [0.2, 0.25) is 0 Å². The molecule has 2 rings (SSSR count). The van der Waals surface area contributed by atoms with Gasteiger partial charge in [0.15, 0.2) is 12.5 Å². The van der Waals surface area contributed by atoms with Gasteiger partial charge >= 0.3 is 5.69 Å². The first-order valence-corrected chi connectivity index (χ1v) is 15.2. The lowest BCUT2D eigenvalue weighted by atomic mass is 9.96. The Morgan fingerprint density at radius 3 is 2.47 bits per heavy atom. The smallest absolute Gasteiger partial charge is 0.310 e. The topological polar surface area (TPSA) is 70.8 Å². The van der Waals surface area contributed by atoms with Crippen molar-refractivity contribution in [3.8, 4) is 11.5 Å². The molecular weight excluding hydrogens is 446 g/mol. The van der Waals surface area contributed by atoms with Gasteiger partial charge in [-0.3, -0.25) is 10.1 Å². The highest BCUT2D eigenvalue weighted by molar-refractivity contribution is 6.76. The third-order valence-corrected chi connectivity index (χ3v) is 7.06. The van der Waals surface area contributed by atoms with Crippen LogP contribution in [0.2, 0.25) is 25.7 Å². The van der Waals surface area contributed by atoms with Gasteiger partial charge < -0.3 is 14.2 Å². The van der Waals surface area contributed by atoms with Crippen LogP contribution in [-0.4, -0.2) is 33.5 Å². The number of methoxy groups -OCH3 is 1. The first kappa shape index (κ1) is 27.3. The number of hydrogen-bond acceptors (Lipinski definition) is 5. The lowest BCUT2D eigenvalue weighted by Crippen LogP contribution is -2.22. The van der Waals surface area contributed by atoms with Crippen molar-refractivity contribution in [2.45, 2.75) is 52.9 Å². The molecule has 6 nitrogen and oxygen atoms in total. The summed E-state index contributed by atoms with van der Waals surface area (Å²) in [4.78, 5) is 10.7. The van der Waals surface area contributed by atoms with Crippen LogP contribution in [0.1, 0.15) is 36.1 Å². The van der Waals surface area contributed by atoms with E-state index in [1.54, 1.807) is 12.1 Å². The second-order valence-electron chi connectivity index (χ2n) is 9.80. The number of benzene rings is 2. The summed E-state index contributed by atoms with van der Waals surface area (Å²) in [5.74, 6) is 0.994. The molecule has 7 heteroatoms. The Labute approximate surface area is 204 Å². The van der Waals surface area contributed by atoms with E-state index >= 15 is 0 Å². The van der Waals surface area contributed by atoms with Crippen LogP contribution >= 0.6 is 0 Å². The van der Waals surface area contributed by atoms with Gasteiger partial charge in [-0.2, -0.15) is 0 Å². The van der Waals surface area contributed by atoms with Crippen LogP contribution in [0.4, 0.5) is 5.69 Å². The Balaban J connectivity index is 2.28. The van der Waals surface area contributed by atoms with E-state index in [9.17, 15) is 10.1 Å². The maximum Gasteiger partial charge on any atom is 0.310 e. The fraction of sp³-hybridized carbons (Fsp3) is 0.407. The van der Waals surface area contributed by atoms with E-state index in [0.29, 0.717) is 6.61 Å². The predicted octanol–water partition coefficient (Wildman–Crippen LogP) is 7.28. The minimum absolute atomic E-state index is 0.0516. The van der Waals surface area contributed by atoms with E-state index in [2.05, 4.69) is 46.5 Å². The van der Waals surface area contributed by atoms with Crippen molar-refractivity contribution < 1.29 is 19.1 Å². The standard InChI is InChI=1S/C27H37NO5Si/c1-20(2)8-12-25-21(3)16-24(33-19-32-14-15-34(5,6)7)18-23(25)11-9-22-10-13-26(28(29)30)27(17-22)31-4/h8-11,13,16-18H,12,14-15,19H2,1-7H3/b11-9+. The van der Waals surface area contributed by atoms with Gasteiger partial charge in [0.25, 0.3) is 0 Å². The molecule has 0 atom stereocenters. The summed E-state index contributed by atoms with van der Waals surface area (Å²) in [5, 5.41) is 11.2. The van der Waals surface area contributed by atoms with Crippen LogP contribution in [0.5, 0.6) is 11.5 Å². The Morgan fingerprint density at radius 1 is 1.12 bits per heavy atom. The molecule has 0 aliphatic rings. The van der Waals surface area contributed by atoms with E-state index in [1.165, 1.54) is 24.3 Å². The molecule has 0 saturated carbocycles. The van der Waals surface area contributed by atoms with Crippen LogP contribution in [0, 0.1) is 17.0 Å². The summed E-state index contributed by atoms with van der Waals surface area (Å²) in [6.07, 6.45) is 6.96. The van der Waals surface area contributed by atoms with Crippen LogP contribution in [0.3, 0.4) is 0 Å². The third-order valence-electron chi connectivity index (χ3n) is 5.36. The van der Waals surface area contributed by atoms with Crippen molar-refractivity contribution in [3.05, 3.63) is 74.3 Å². The Kier molecular flexibility index (Phi) is 10.1. The van der Waals surface area contributed by atoms with Crippen LogP contribution < -0.4 is 9.47 Å². The monoisotopic (exact) mass is 483 g/mol. The summed E-state index contributed by atoms with van der Waals surface area (Å²) in [6, 6.07) is 10.0. The number of nitrogens with zero attached hydrogens (tertiary/aromatic N) is 1. The molecule has 0 aliphatic carbocycles. The number of hydrogen-bond donors (Lipinski definition) is 0. The largest absolute Gasteiger partial charge is 0.490 e. The molecular formula is C27H37NO5Si. The van der Waals surface area contributed by atoms with Crippen molar-refractivity contribution in [1.29, 1.82) is 0 Å². The van der Waals surface area contributed by atoms with Gasteiger partial charge in [0.05, 0.1) is 12.0 Å². The Hall–Kier alpha value is -2.90. The number of nitro groups is 1. The highest BCUT2D eigenvalue weighted by Crippen LogP contribution is 2.29. The van der Waals surface area contributed by atoms with Crippen LogP contribution in [-0.2, 0) is 11.2 Å². The summed E-state index contributed by atoms with van der Waals surface area (Å²) in [5.41, 5.74) is 5.40. The zero-order chi connectivity index (χ0) is 25.3. The predicted molar refractivity (Wildman–Crippen MR) is 142 cm³/mol. The summed E-state index contributed by atoms with van der Waals surface area (Å²) in [6.45, 7) is 14.2. The lowest BCUT2D eigenvalue weighted by Gasteiger charge is -2.16. The van der Waals surface area contributed by atoms with Gasteiger partial charge in [-0.15, -0.1) is 0 Å². The minimum atomic E-state index is -1.13. The van der Waals surface area contributed by atoms with Gasteiger partial charge in [-0.1, -0.05) is 43.4 Å². The first-order valence-electron chi connectivity index (χ1n) is 11.5. The molecule has 0 amide bonds. The molecule has 34 heavy (non-hydrogen) atoms. The fourth-order valence-electron chi connectivity index (χ4n) is 3.31. The van der Waals surface area contributed by atoms with Crippen molar-refractivity contribution in [2.24, 2.45) is 0 Å². The zero-order valence-corrected chi connectivity index (χ0v) is 22.4. The molecule has 0 saturated heterocycles. The van der Waals surface area contributed by atoms with Gasteiger partial charge in [-0.25, -0.2) is 0 Å². The fourth-order valence-corrected chi connectivity index (χ4v) is 4.07. The van der Waals surface area contributed by atoms with E-state index in [-0.39, 0.29) is 18.2 Å². The number of aryl methyl sites for hydroxylation is 1. The molecule has 0 heterocycles. The molecule has 0 fully saturated rings. The molecule has 0 aromatic heterocycles. The van der Waals surface area contributed by atoms with E-state index in [0.717, 1.165) is 34.9 Å². The maximum absolute atomic E-state index is 11.2. The second kappa shape index (κ2) is 12.5. The van der Waals surface area contributed by atoms with Crippen molar-refractivity contribution in [3.63, 3.8) is 0 Å². The highest BCUT2D eigenvalue weighted by atomic mass is 28.3. The number of rotatable bonds is 12. The number of nitro benzene ring substituents is 1. The lowest BCUT2D eigenvalue weighted by molar-refractivity contribution is -0.385. The van der Waals surface area contributed by atoms with E-state index in [1.807, 2.05) is 24.3 Å². The third kappa shape index (κ3) is 8.80. The van der Waals surface area contributed by atoms with Crippen LogP contribution in [0.25, 0.3) is 12.2 Å². The quantitative estimate of drug-likeness (QED) is 0.0603. The van der Waals surface area contributed by atoms with E-state index in [4.69, 9.17) is 14.2 Å². The zero-order valence-electron chi connectivity index (χ0n) is 21.4. The summed E-state index contributed by atoms with van der Waals surface area (Å²) >= 11 is 0.